The molecule has 0 aliphatic carbocycles. The van der Waals surface area contributed by atoms with E-state index >= 15 is 0 Å². The molecule has 0 saturated heterocycles. The fourth-order valence-electron chi connectivity index (χ4n) is 23.1. The second kappa shape index (κ2) is 58.2. The van der Waals surface area contributed by atoms with E-state index < -0.39 is 57.9 Å². The van der Waals surface area contributed by atoms with Crippen LogP contribution in [0.4, 0.5) is 0 Å². The highest BCUT2D eigenvalue weighted by atomic mass is 31.2. The molecule has 0 atom stereocenters. The van der Waals surface area contributed by atoms with E-state index in [1.54, 1.807) is 0 Å². The van der Waals surface area contributed by atoms with Gasteiger partial charge in [0.2, 0.25) is 0 Å². The molecule has 4 heteroatoms. The van der Waals surface area contributed by atoms with Gasteiger partial charge in [-0.25, -0.2) is 0 Å². The lowest BCUT2D eigenvalue weighted by molar-refractivity contribution is 0.00930. The molecule has 0 saturated carbocycles. The quantitative estimate of drug-likeness (QED) is 0.0216. The molecule has 6 aromatic carbocycles. The zero-order valence-corrected chi connectivity index (χ0v) is 107. The summed E-state index contributed by atoms with van der Waals surface area (Å²) in [5, 5.41) is 0. The molecule has 6 rings (SSSR count). The van der Waals surface area contributed by atoms with Gasteiger partial charge in [0, 0.05) is 0 Å². The molecular weight excluding hydrogens is 1810 g/mol. The fourth-order valence-corrected chi connectivity index (χ4v) is 24.8. The van der Waals surface area contributed by atoms with Crippen LogP contribution in [-0.2, 0) is 95.4 Å². The molecular formula is C144H237O3P. The van der Waals surface area contributed by atoms with Gasteiger partial charge in [-0.05, 0) is 241 Å². The van der Waals surface area contributed by atoms with Crippen molar-refractivity contribution < 1.29 is 13.6 Å². The van der Waals surface area contributed by atoms with Crippen molar-refractivity contribution in [2.45, 2.75) is 662 Å². The zero-order valence-electron chi connectivity index (χ0n) is 106. The van der Waals surface area contributed by atoms with Gasteiger partial charge in [-0.3, -0.25) is 13.6 Å². The van der Waals surface area contributed by atoms with E-state index in [1.807, 2.05) is 0 Å². The number of rotatable bonds is 60. The third-order valence-corrected chi connectivity index (χ3v) is 34.1. The first kappa shape index (κ1) is 131. The van der Waals surface area contributed by atoms with Crippen molar-refractivity contribution in [3.8, 4) is 0 Å². The Bertz CT molecular complexity index is 4260. The van der Waals surface area contributed by atoms with Gasteiger partial charge in [0.05, 0.1) is 0 Å². The van der Waals surface area contributed by atoms with Crippen LogP contribution in [0.15, 0.2) is 144 Å². The van der Waals surface area contributed by atoms with Gasteiger partial charge >= 0.3 is 8.60 Å². The van der Waals surface area contributed by atoms with Gasteiger partial charge in [-0.2, -0.15) is 0 Å². The van der Waals surface area contributed by atoms with Gasteiger partial charge in [-0.1, -0.05) is 648 Å². The van der Waals surface area contributed by atoms with Crippen molar-refractivity contribution in [3.05, 3.63) is 244 Å². The fraction of sp³-hybridized carbons (Fsp3) is 0.708. The molecule has 0 amide bonds. The molecule has 0 unspecified atom stereocenters. The predicted molar refractivity (Wildman–Crippen MR) is 662 cm³/mol. The van der Waals surface area contributed by atoms with Crippen LogP contribution >= 0.6 is 8.60 Å². The average Bonchev–Trinajstić information content (AvgIpc) is 0.706. The Morgan fingerprint density at radius 3 is 0.399 bits per heavy atom. The highest BCUT2D eigenvalue weighted by Crippen LogP contribution is 2.68. The van der Waals surface area contributed by atoms with Crippen molar-refractivity contribution >= 4 is 8.60 Å². The third-order valence-electron chi connectivity index (χ3n) is 32.9. The van der Waals surface area contributed by atoms with E-state index in [4.69, 9.17) is 0 Å². The van der Waals surface area contributed by atoms with Crippen LogP contribution in [0.3, 0.4) is 0 Å². The maximum Gasteiger partial charge on any atom is 0.337 e. The minimum atomic E-state index is -2.89. The van der Waals surface area contributed by atoms with Gasteiger partial charge < -0.3 is 0 Å². The summed E-state index contributed by atoms with van der Waals surface area (Å²) in [6, 6.07) is 46.4. The lowest BCUT2D eigenvalue weighted by Gasteiger charge is -2.50. The Kier molecular flexibility index (Phi) is 51.7. The number of unbranched alkanes of at least 4 members (excludes halogenated alkanes) is 39. The van der Waals surface area contributed by atoms with E-state index in [0.717, 1.165) is 91.2 Å². The minimum Gasteiger partial charge on any atom is -0.291 e. The Labute approximate surface area is 921 Å². The average molecular weight is 2050 g/mol. The Morgan fingerprint density at radius 1 is 0.169 bits per heavy atom. The highest BCUT2D eigenvalue weighted by Gasteiger charge is 2.57. The molecule has 0 spiro atoms. The lowest BCUT2D eigenvalue weighted by Crippen LogP contribution is -2.43. The first-order chi connectivity index (χ1) is 68.8. The maximum absolute atomic E-state index is 10.2. The van der Waals surface area contributed by atoms with Crippen LogP contribution in [0.1, 0.15) is 680 Å². The number of hydrogen-bond acceptors (Lipinski definition) is 3. The van der Waals surface area contributed by atoms with Gasteiger partial charge in [0.1, 0.15) is 16.8 Å². The van der Waals surface area contributed by atoms with Gasteiger partial charge in [0.15, 0.2) is 0 Å². The Balaban J connectivity index is 2.12. The molecule has 0 N–H and O–H groups in total. The largest absolute Gasteiger partial charge is 0.337 e. The van der Waals surface area contributed by atoms with E-state index in [0.29, 0.717) is 0 Å². The molecule has 0 bridgehead atoms. The maximum atomic E-state index is 10.2. The SMILES string of the molecule is C/C=C(/CCCCCCCCCCCCCCCC)C(OP(OC(/C(=C/C)CCCCCCCCCCCCCCCC)(c1ccc(C(C)(C)C)cc1C(C)(C)C)c1ccc(C(C)(C)C)cc1C(C)(C)C)OC(/C(=C/C)CCCCCCCCCCCCCCCC)(c1ccc(C(C)(C)C)cc1C(C)(C)C)c1ccc(C(C)(C)C)cc1C(C)(C)C)(c1ccc(C(C)(C)C)cc1C(C)(C)C)c1ccc(C(C)(C)C)cc1C(C)(C)C. The van der Waals surface area contributed by atoms with Gasteiger partial charge in [0.25, 0.3) is 0 Å². The van der Waals surface area contributed by atoms with Crippen molar-refractivity contribution in [3.63, 3.8) is 0 Å². The topological polar surface area (TPSA) is 27.7 Å². The summed E-state index contributed by atoms with van der Waals surface area (Å²) in [5.41, 5.74) is 18.1. The van der Waals surface area contributed by atoms with Crippen molar-refractivity contribution in [1.29, 1.82) is 0 Å². The van der Waals surface area contributed by atoms with Crippen LogP contribution in [0.2, 0.25) is 0 Å². The molecule has 148 heavy (non-hydrogen) atoms. The molecule has 0 aliphatic heterocycles. The van der Waals surface area contributed by atoms with Gasteiger partial charge in [-0.15, -0.1) is 0 Å². The summed E-state index contributed by atoms with van der Waals surface area (Å²) < 4.78 is 30.6. The van der Waals surface area contributed by atoms with Crippen LogP contribution in [0.5, 0.6) is 0 Å². The predicted octanol–water partition coefficient (Wildman–Crippen LogP) is 47.1. The molecule has 0 fully saturated rings. The standard InChI is InChI=1S/C144H237O3P/c1-43-49-52-55-58-61-64-67-70-73-76-79-82-85-88-109(46-4)142(118-97-91-112(130(7,8)9)103-124(118)136(25,26)27,119-98-92-113(131(10,11)12)104-125(119)137(28,29)30)145-148(146-143(120-99-93-114(132(13,14)15)105-126(120)138(31,32)33,121-100-94-115(133(16,17)18)106-127(121)139(34,35)36)110(47-5)89-86-83-80-77-74-71-68-65-62-59-56-53-50-44-2)147-144(122-101-95-116(134(19,20)21)107-128(122)140(37,38)39,123-102-96-117(135(22,23)24)108-129(123)141(40,41)42)111(48-6)90-87-84-81-78-75-72-69-66-63-60-57-54-51-45-3/h46-48,91-108H,43-45,49-90H2,1-42H3/b109-46-,110-47+,111-48+. The van der Waals surface area contributed by atoms with Crippen LogP contribution in [-0.4, -0.2) is 0 Å². The molecule has 0 aliphatic rings. The monoisotopic (exact) mass is 2050 g/mol. The molecule has 3 nitrogen and oxygen atoms in total. The first-order valence-corrected chi connectivity index (χ1v) is 62.7. The molecule has 0 aromatic heterocycles. The second-order valence-electron chi connectivity index (χ2n) is 58.6. The number of hydrogen-bond donors (Lipinski definition) is 0. The Hall–Kier alpha value is -5.15. The third kappa shape index (κ3) is 38.4. The molecule has 836 valence electrons. The van der Waals surface area contributed by atoms with Crippen LogP contribution in [0, 0.1) is 0 Å². The minimum absolute atomic E-state index is 0.199. The van der Waals surface area contributed by atoms with Crippen molar-refractivity contribution in [2.24, 2.45) is 0 Å². The van der Waals surface area contributed by atoms with Crippen molar-refractivity contribution in [1.82, 2.24) is 0 Å². The molecule has 0 radical (unpaired) electrons. The van der Waals surface area contributed by atoms with E-state index in [1.165, 1.54) is 315 Å². The second-order valence-corrected chi connectivity index (χ2v) is 59.6. The normalized spacial score (nSPS) is 14.0. The summed E-state index contributed by atoms with van der Waals surface area (Å²) in [4.78, 5) is 0. The van der Waals surface area contributed by atoms with Crippen LogP contribution in [0.25, 0.3) is 0 Å². The summed E-state index contributed by atoms with van der Waals surface area (Å²) in [5.74, 6) is 0. The number of benzene rings is 6. The van der Waals surface area contributed by atoms with E-state index in [9.17, 15) is 13.6 Å². The van der Waals surface area contributed by atoms with Crippen molar-refractivity contribution in [2.75, 3.05) is 0 Å². The highest BCUT2D eigenvalue weighted by molar-refractivity contribution is 7.41. The molecule has 0 heterocycles. The number of allylic oxidation sites excluding steroid dienone is 3. The zero-order chi connectivity index (χ0) is 111. The van der Waals surface area contributed by atoms with E-state index in [2.05, 4.69) is 418 Å². The summed E-state index contributed by atoms with van der Waals surface area (Å²) >= 11 is 0. The summed E-state index contributed by atoms with van der Waals surface area (Å²) in [6.07, 6.45) is 64.0. The van der Waals surface area contributed by atoms with E-state index in [-0.39, 0.29) is 32.5 Å². The summed E-state index contributed by atoms with van der Waals surface area (Å²) in [6.45, 7) is 103. The smallest absolute Gasteiger partial charge is 0.291 e. The summed E-state index contributed by atoms with van der Waals surface area (Å²) in [7, 11) is -2.89. The van der Waals surface area contributed by atoms with Crippen LogP contribution < -0.4 is 0 Å². The lowest BCUT2D eigenvalue weighted by atomic mass is 9.66. The molecule has 6 aromatic rings. The Morgan fingerprint density at radius 2 is 0.291 bits per heavy atom. The first-order valence-electron chi connectivity index (χ1n) is 61.6.